The van der Waals surface area contributed by atoms with E-state index in [-0.39, 0.29) is 0 Å². The van der Waals surface area contributed by atoms with Gasteiger partial charge in [0.15, 0.2) is 5.96 Å². The molecular formula is C20H29N5S2. The van der Waals surface area contributed by atoms with Gasteiger partial charge in [-0.3, -0.25) is 9.89 Å². The number of hydrogen-bond acceptors (Lipinski definition) is 5. The topological polar surface area (TPSA) is 52.6 Å². The molecule has 0 aliphatic carbocycles. The summed E-state index contributed by atoms with van der Waals surface area (Å²) in [5, 5.41) is 8.99. The van der Waals surface area contributed by atoms with E-state index in [4.69, 9.17) is 0 Å². The lowest BCUT2D eigenvalue weighted by molar-refractivity contribution is 0.245. The maximum absolute atomic E-state index is 4.39. The maximum atomic E-state index is 4.39. The summed E-state index contributed by atoms with van der Waals surface area (Å²) in [5.74, 6) is 1.95. The van der Waals surface area contributed by atoms with Crippen molar-refractivity contribution in [3.8, 4) is 0 Å². The van der Waals surface area contributed by atoms with Crippen molar-refractivity contribution in [2.24, 2.45) is 4.99 Å². The van der Waals surface area contributed by atoms with Crippen molar-refractivity contribution >= 4 is 29.1 Å². The molecule has 1 unspecified atom stereocenters. The van der Waals surface area contributed by atoms with Gasteiger partial charge in [0.2, 0.25) is 0 Å². The lowest BCUT2D eigenvalue weighted by Crippen LogP contribution is -2.43. The molecule has 0 spiro atoms. The van der Waals surface area contributed by atoms with Crippen LogP contribution >= 0.6 is 23.1 Å². The number of nitrogens with zero attached hydrogens (tertiary/aromatic N) is 3. The van der Waals surface area contributed by atoms with Crippen molar-refractivity contribution in [2.75, 3.05) is 39.0 Å². The van der Waals surface area contributed by atoms with E-state index in [0.29, 0.717) is 6.04 Å². The van der Waals surface area contributed by atoms with Crippen LogP contribution in [0, 0.1) is 0 Å². The SMILES string of the molecule is CN=C(NCCCSc1nccs1)NCC(c1ccccc1)N1CCCC1. The number of rotatable bonds is 9. The van der Waals surface area contributed by atoms with E-state index in [1.165, 1.54) is 31.5 Å². The number of hydrogen-bond donors (Lipinski definition) is 2. The van der Waals surface area contributed by atoms with Gasteiger partial charge in [0.05, 0.1) is 6.04 Å². The first kappa shape index (κ1) is 20.2. The molecule has 0 radical (unpaired) electrons. The summed E-state index contributed by atoms with van der Waals surface area (Å²) in [7, 11) is 1.84. The molecule has 5 nitrogen and oxygen atoms in total. The lowest BCUT2D eigenvalue weighted by Gasteiger charge is -2.29. The molecule has 1 aliphatic rings. The average molecular weight is 404 g/mol. The van der Waals surface area contributed by atoms with Crippen molar-refractivity contribution in [3.05, 3.63) is 47.5 Å². The highest BCUT2D eigenvalue weighted by atomic mass is 32.2. The zero-order valence-electron chi connectivity index (χ0n) is 15.9. The maximum Gasteiger partial charge on any atom is 0.191 e. The third-order valence-electron chi connectivity index (χ3n) is 4.70. The van der Waals surface area contributed by atoms with Gasteiger partial charge in [-0.05, 0) is 37.9 Å². The number of aliphatic imine (C=N–C) groups is 1. The molecule has 1 aromatic heterocycles. The summed E-state index contributed by atoms with van der Waals surface area (Å²) >= 11 is 3.52. The van der Waals surface area contributed by atoms with Gasteiger partial charge in [-0.25, -0.2) is 4.98 Å². The second-order valence-electron chi connectivity index (χ2n) is 6.55. The highest BCUT2D eigenvalue weighted by Crippen LogP contribution is 2.24. The Labute approximate surface area is 170 Å². The average Bonchev–Trinajstić information content (AvgIpc) is 3.41. The van der Waals surface area contributed by atoms with E-state index in [0.717, 1.165) is 35.6 Å². The monoisotopic (exact) mass is 403 g/mol. The Bertz CT molecular complexity index is 669. The fourth-order valence-electron chi connectivity index (χ4n) is 3.32. The minimum atomic E-state index is 0.396. The number of thiazole rings is 1. The minimum absolute atomic E-state index is 0.396. The molecule has 27 heavy (non-hydrogen) atoms. The zero-order valence-corrected chi connectivity index (χ0v) is 17.6. The van der Waals surface area contributed by atoms with E-state index in [9.17, 15) is 0 Å². The smallest absolute Gasteiger partial charge is 0.191 e. The number of aromatic nitrogens is 1. The molecule has 0 bridgehead atoms. The summed E-state index contributed by atoms with van der Waals surface area (Å²) in [6.45, 7) is 4.15. The number of guanidine groups is 1. The molecular weight excluding hydrogens is 374 g/mol. The van der Waals surface area contributed by atoms with Crippen LogP contribution < -0.4 is 10.6 Å². The normalized spacial score (nSPS) is 16.4. The molecule has 2 N–H and O–H groups in total. The fraction of sp³-hybridized carbons (Fsp3) is 0.500. The minimum Gasteiger partial charge on any atom is -0.356 e. The van der Waals surface area contributed by atoms with Gasteiger partial charge < -0.3 is 10.6 Å². The highest BCUT2D eigenvalue weighted by molar-refractivity contribution is 8.00. The molecule has 146 valence electrons. The van der Waals surface area contributed by atoms with Crippen LogP contribution in [0.25, 0.3) is 0 Å². The Kier molecular flexibility index (Phi) is 8.45. The van der Waals surface area contributed by atoms with Gasteiger partial charge in [-0.15, -0.1) is 11.3 Å². The largest absolute Gasteiger partial charge is 0.356 e. The number of thioether (sulfide) groups is 1. The standard InChI is InChI=1S/C20H29N5S2/c1-21-19(22-10-7-14-26-20-23-11-15-27-20)24-16-18(25-12-5-6-13-25)17-8-3-2-4-9-17/h2-4,8-9,11,15,18H,5-7,10,12-14,16H2,1H3,(H2,21,22,24). The summed E-state index contributed by atoms with van der Waals surface area (Å²) in [6, 6.07) is 11.2. The Morgan fingerprint density at radius 1 is 1.26 bits per heavy atom. The van der Waals surface area contributed by atoms with E-state index in [1.54, 1.807) is 11.3 Å². The molecule has 2 aromatic rings. The molecule has 3 rings (SSSR count). The predicted octanol–water partition coefficient (Wildman–Crippen LogP) is 3.63. The lowest BCUT2D eigenvalue weighted by atomic mass is 10.1. The van der Waals surface area contributed by atoms with Crippen LogP contribution in [0.1, 0.15) is 30.9 Å². The van der Waals surface area contributed by atoms with Crippen LogP contribution in [0.3, 0.4) is 0 Å². The van der Waals surface area contributed by atoms with Crippen LogP contribution in [0.2, 0.25) is 0 Å². The Balaban J connectivity index is 1.43. The summed E-state index contributed by atoms with van der Waals surface area (Å²) in [5.41, 5.74) is 1.38. The van der Waals surface area contributed by atoms with Gasteiger partial charge in [-0.1, -0.05) is 42.1 Å². The van der Waals surface area contributed by atoms with Gasteiger partial charge >= 0.3 is 0 Å². The predicted molar refractivity (Wildman–Crippen MR) is 117 cm³/mol. The van der Waals surface area contributed by atoms with Crippen LogP contribution in [0.5, 0.6) is 0 Å². The molecule has 1 aromatic carbocycles. The summed E-state index contributed by atoms with van der Waals surface area (Å²) < 4.78 is 1.15. The molecule has 1 atom stereocenters. The van der Waals surface area contributed by atoms with E-state index in [1.807, 2.05) is 30.4 Å². The molecule has 2 heterocycles. The molecule has 1 saturated heterocycles. The molecule has 1 fully saturated rings. The Hall–Kier alpha value is -1.57. The van der Waals surface area contributed by atoms with Crippen molar-refractivity contribution in [2.45, 2.75) is 29.6 Å². The summed E-state index contributed by atoms with van der Waals surface area (Å²) in [4.78, 5) is 11.3. The third-order valence-corrected chi connectivity index (χ3v) is 6.75. The number of benzene rings is 1. The molecule has 7 heteroatoms. The van der Waals surface area contributed by atoms with Gasteiger partial charge in [-0.2, -0.15) is 0 Å². The highest BCUT2D eigenvalue weighted by Gasteiger charge is 2.23. The molecule has 1 aliphatic heterocycles. The molecule has 0 amide bonds. The zero-order chi connectivity index (χ0) is 18.7. The van der Waals surface area contributed by atoms with Crippen molar-refractivity contribution in [3.63, 3.8) is 0 Å². The Morgan fingerprint density at radius 3 is 2.78 bits per heavy atom. The number of likely N-dealkylation sites (tertiary alicyclic amines) is 1. The van der Waals surface area contributed by atoms with Crippen molar-refractivity contribution in [1.29, 1.82) is 0 Å². The first-order valence-corrected chi connectivity index (χ1v) is 11.5. The fourth-order valence-corrected chi connectivity index (χ4v) is 4.97. The van der Waals surface area contributed by atoms with Crippen molar-refractivity contribution in [1.82, 2.24) is 20.5 Å². The summed E-state index contributed by atoms with van der Waals surface area (Å²) in [6.07, 6.45) is 5.54. The van der Waals surface area contributed by atoms with E-state index < -0.39 is 0 Å². The van der Waals surface area contributed by atoms with Crippen LogP contribution in [-0.4, -0.2) is 54.8 Å². The Morgan fingerprint density at radius 2 is 2.07 bits per heavy atom. The number of nitrogens with one attached hydrogen (secondary N) is 2. The quantitative estimate of drug-likeness (QED) is 0.290. The molecule has 0 saturated carbocycles. The van der Waals surface area contributed by atoms with Gasteiger partial charge in [0.1, 0.15) is 4.34 Å². The van der Waals surface area contributed by atoms with Gasteiger partial charge in [0.25, 0.3) is 0 Å². The first-order valence-electron chi connectivity index (χ1n) is 9.62. The van der Waals surface area contributed by atoms with Crippen LogP contribution in [0.4, 0.5) is 0 Å². The first-order chi connectivity index (χ1) is 13.4. The van der Waals surface area contributed by atoms with Crippen LogP contribution in [-0.2, 0) is 0 Å². The van der Waals surface area contributed by atoms with Crippen LogP contribution in [0.15, 0.2) is 51.2 Å². The van der Waals surface area contributed by atoms with Crippen molar-refractivity contribution < 1.29 is 0 Å². The second-order valence-corrected chi connectivity index (χ2v) is 8.79. The van der Waals surface area contributed by atoms with E-state index in [2.05, 4.69) is 55.8 Å². The second kappa shape index (κ2) is 11.3. The van der Waals surface area contributed by atoms with E-state index >= 15 is 0 Å². The third kappa shape index (κ3) is 6.52. The van der Waals surface area contributed by atoms with Gasteiger partial charge in [0, 0.05) is 37.5 Å².